The van der Waals surface area contributed by atoms with Crippen LogP contribution in [0.2, 0.25) is 0 Å². The van der Waals surface area contributed by atoms with Crippen LogP contribution in [0.5, 0.6) is 0 Å². The minimum Gasteiger partial charge on any atom is -0.377 e. The molecule has 0 unspecified atom stereocenters. The topological polar surface area (TPSA) is 57.7 Å². The summed E-state index contributed by atoms with van der Waals surface area (Å²) in [4.78, 5) is 20.3. The number of hydrogen-bond acceptors (Lipinski definition) is 4. The van der Waals surface area contributed by atoms with Gasteiger partial charge in [-0.3, -0.25) is 4.98 Å². The van der Waals surface area contributed by atoms with E-state index in [1.165, 1.54) is 0 Å². The Morgan fingerprint density at radius 2 is 2.00 bits per heavy atom. The highest BCUT2D eigenvalue weighted by Gasteiger charge is 2.21. The van der Waals surface area contributed by atoms with E-state index < -0.39 is 0 Å². The highest BCUT2D eigenvalue weighted by molar-refractivity contribution is 5.74. The number of ether oxygens (including phenoxy) is 1. The first-order valence-corrected chi connectivity index (χ1v) is 8.00. The van der Waals surface area contributed by atoms with Gasteiger partial charge in [0.1, 0.15) is 0 Å². The maximum Gasteiger partial charge on any atom is 0.317 e. The highest BCUT2D eigenvalue weighted by atomic mass is 16.5. The fourth-order valence-electron chi connectivity index (χ4n) is 2.44. The van der Waals surface area contributed by atoms with Gasteiger partial charge >= 0.3 is 6.03 Å². The fourth-order valence-corrected chi connectivity index (χ4v) is 2.44. The first-order chi connectivity index (χ1) is 10.7. The molecule has 2 amide bonds. The molecule has 6 nitrogen and oxygen atoms in total. The molecule has 122 valence electrons. The predicted octanol–water partition coefficient (Wildman–Crippen LogP) is 1.73. The van der Waals surface area contributed by atoms with Gasteiger partial charge in [0.2, 0.25) is 0 Å². The zero-order valence-corrected chi connectivity index (χ0v) is 13.5. The third-order valence-electron chi connectivity index (χ3n) is 3.74. The molecular weight excluding hydrogens is 280 g/mol. The van der Waals surface area contributed by atoms with Gasteiger partial charge in [0.15, 0.2) is 0 Å². The van der Waals surface area contributed by atoms with E-state index in [-0.39, 0.29) is 12.1 Å². The highest BCUT2D eigenvalue weighted by Crippen LogP contribution is 2.14. The second-order valence-corrected chi connectivity index (χ2v) is 5.55. The molecule has 0 bridgehead atoms. The zero-order valence-electron chi connectivity index (χ0n) is 13.5. The van der Waals surface area contributed by atoms with Crippen molar-refractivity contribution in [1.82, 2.24) is 15.2 Å². The van der Waals surface area contributed by atoms with Crippen LogP contribution in [0.25, 0.3) is 0 Å². The maximum absolute atomic E-state index is 12.2. The molecule has 0 aromatic carbocycles. The zero-order chi connectivity index (χ0) is 15.8. The molecule has 1 aromatic heterocycles. The molecule has 1 aromatic rings. The molecule has 0 spiro atoms. The second-order valence-electron chi connectivity index (χ2n) is 5.55. The van der Waals surface area contributed by atoms with Crippen LogP contribution in [0.3, 0.4) is 0 Å². The average Bonchev–Trinajstić information content (AvgIpc) is 2.58. The van der Waals surface area contributed by atoms with Crippen LogP contribution in [0.15, 0.2) is 24.5 Å². The van der Waals surface area contributed by atoms with E-state index in [2.05, 4.69) is 22.1 Å². The van der Waals surface area contributed by atoms with Gasteiger partial charge < -0.3 is 19.9 Å². The molecular formula is C16H26N4O2. The normalized spacial score (nSPS) is 16.5. The van der Waals surface area contributed by atoms with Crippen molar-refractivity contribution >= 4 is 11.7 Å². The van der Waals surface area contributed by atoms with E-state index >= 15 is 0 Å². The molecule has 2 heterocycles. The lowest BCUT2D eigenvalue weighted by atomic mass is 10.3. The van der Waals surface area contributed by atoms with Crippen molar-refractivity contribution in [1.29, 1.82) is 0 Å². The molecule has 0 aliphatic carbocycles. The average molecular weight is 306 g/mol. The van der Waals surface area contributed by atoms with Crippen LogP contribution in [0, 0.1) is 0 Å². The van der Waals surface area contributed by atoms with Crippen molar-refractivity contribution in [2.75, 3.05) is 44.2 Å². The smallest absolute Gasteiger partial charge is 0.317 e. The number of carbonyl (C=O) groups excluding carboxylic acids is 1. The largest absolute Gasteiger partial charge is 0.377 e. The van der Waals surface area contributed by atoms with Gasteiger partial charge in [-0.1, -0.05) is 6.92 Å². The van der Waals surface area contributed by atoms with Gasteiger partial charge in [0.05, 0.1) is 6.10 Å². The van der Waals surface area contributed by atoms with Crippen molar-refractivity contribution in [2.24, 2.45) is 0 Å². The summed E-state index contributed by atoms with van der Waals surface area (Å²) in [5, 5.41) is 2.95. The summed E-state index contributed by atoms with van der Waals surface area (Å²) in [6.45, 7) is 8.52. The summed E-state index contributed by atoms with van der Waals surface area (Å²) in [6, 6.07) is 4.01. The Balaban J connectivity index is 1.71. The van der Waals surface area contributed by atoms with Crippen LogP contribution in [-0.4, -0.2) is 61.3 Å². The Hall–Kier alpha value is -1.82. The van der Waals surface area contributed by atoms with E-state index in [9.17, 15) is 4.79 Å². The first-order valence-electron chi connectivity index (χ1n) is 8.00. The van der Waals surface area contributed by atoms with Crippen molar-refractivity contribution < 1.29 is 9.53 Å². The number of anilines is 1. The van der Waals surface area contributed by atoms with Crippen LogP contribution in [0.4, 0.5) is 10.5 Å². The van der Waals surface area contributed by atoms with Gasteiger partial charge in [-0.05, 0) is 25.5 Å². The summed E-state index contributed by atoms with van der Waals surface area (Å²) < 4.78 is 5.56. The van der Waals surface area contributed by atoms with Gasteiger partial charge in [-0.15, -0.1) is 0 Å². The van der Waals surface area contributed by atoms with Crippen molar-refractivity contribution in [2.45, 2.75) is 26.4 Å². The molecule has 1 N–H and O–H groups in total. The monoisotopic (exact) mass is 306 g/mol. The van der Waals surface area contributed by atoms with Crippen molar-refractivity contribution in [3.8, 4) is 0 Å². The summed E-state index contributed by atoms with van der Waals surface area (Å²) in [5.41, 5.74) is 1.16. The van der Waals surface area contributed by atoms with Crippen LogP contribution >= 0.6 is 0 Å². The van der Waals surface area contributed by atoms with Crippen molar-refractivity contribution in [3.63, 3.8) is 0 Å². The number of piperazine rings is 1. The van der Waals surface area contributed by atoms with E-state index in [0.717, 1.165) is 44.9 Å². The molecule has 1 atom stereocenters. The maximum atomic E-state index is 12.2. The van der Waals surface area contributed by atoms with Gasteiger partial charge in [-0.25, -0.2) is 4.79 Å². The fraction of sp³-hybridized carbons (Fsp3) is 0.625. The molecule has 0 radical (unpaired) electrons. The third-order valence-corrected chi connectivity index (χ3v) is 3.74. The lowest BCUT2D eigenvalue weighted by Gasteiger charge is -2.36. The molecule has 6 heteroatoms. The van der Waals surface area contributed by atoms with Crippen LogP contribution < -0.4 is 10.2 Å². The standard InChI is InChI=1S/C16H26N4O2/c1-3-12-22-14(2)13-18-16(21)20-10-8-19(9-11-20)15-4-6-17-7-5-15/h4-7,14H,3,8-13H2,1-2H3,(H,18,21)/t14-/m0/s1. The SMILES string of the molecule is CCCO[C@@H](C)CNC(=O)N1CCN(c2ccncc2)CC1. The van der Waals surface area contributed by atoms with Crippen LogP contribution in [-0.2, 0) is 4.74 Å². The number of rotatable bonds is 6. The molecule has 1 aliphatic heterocycles. The molecule has 0 saturated carbocycles. The third kappa shape index (κ3) is 4.87. The molecule has 1 saturated heterocycles. The van der Waals surface area contributed by atoms with E-state index in [1.807, 2.05) is 24.0 Å². The number of aromatic nitrogens is 1. The minimum atomic E-state index is 0.00123. The minimum absolute atomic E-state index is 0.00123. The van der Waals surface area contributed by atoms with E-state index in [0.29, 0.717) is 6.54 Å². The molecule has 2 rings (SSSR count). The Labute approximate surface area is 132 Å². The number of amides is 2. The number of hydrogen-bond donors (Lipinski definition) is 1. The molecule has 22 heavy (non-hydrogen) atoms. The lowest BCUT2D eigenvalue weighted by molar-refractivity contribution is 0.0665. The lowest BCUT2D eigenvalue weighted by Crippen LogP contribution is -2.52. The Bertz CT molecular complexity index is 447. The number of carbonyl (C=O) groups is 1. The van der Waals surface area contributed by atoms with Crippen LogP contribution in [0.1, 0.15) is 20.3 Å². The summed E-state index contributed by atoms with van der Waals surface area (Å²) >= 11 is 0. The first kappa shape index (κ1) is 16.5. The van der Waals surface area contributed by atoms with Gasteiger partial charge in [-0.2, -0.15) is 0 Å². The molecule has 1 aliphatic rings. The predicted molar refractivity (Wildman–Crippen MR) is 87.1 cm³/mol. The Morgan fingerprint density at radius 3 is 2.64 bits per heavy atom. The number of nitrogens with one attached hydrogen (secondary N) is 1. The number of pyridine rings is 1. The van der Waals surface area contributed by atoms with Gasteiger partial charge in [0, 0.05) is 57.4 Å². The van der Waals surface area contributed by atoms with E-state index in [1.54, 1.807) is 12.4 Å². The molecule has 1 fully saturated rings. The summed E-state index contributed by atoms with van der Waals surface area (Å²) in [6.07, 6.45) is 4.65. The summed E-state index contributed by atoms with van der Waals surface area (Å²) in [7, 11) is 0. The Morgan fingerprint density at radius 1 is 1.32 bits per heavy atom. The Kier molecular flexibility index (Phi) is 6.45. The number of urea groups is 1. The van der Waals surface area contributed by atoms with Crippen molar-refractivity contribution in [3.05, 3.63) is 24.5 Å². The number of nitrogens with zero attached hydrogens (tertiary/aromatic N) is 3. The van der Waals surface area contributed by atoms with E-state index in [4.69, 9.17) is 4.74 Å². The summed E-state index contributed by atoms with van der Waals surface area (Å²) in [5.74, 6) is 0. The van der Waals surface area contributed by atoms with Gasteiger partial charge in [0.25, 0.3) is 0 Å². The quantitative estimate of drug-likeness (QED) is 0.869. The second kappa shape index (κ2) is 8.58.